The first-order chi connectivity index (χ1) is 15.5. The van der Waals surface area contributed by atoms with Crippen molar-refractivity contribution in [2.75, 3.05) is 6.61 Å². The zero-order valence-corrected chi connectivity index (χ0v) is 18.5. The number of aromatic nitrogens is 5. The molecule has 0 bridgehead atoms. The van der Waals surface area contributed by atoms with Gasteiger partial charge in [-0.1, -0.05) is 11.6 Å². The quantitative estimate of drug-likeness (QED) is 0.405. The molecule has 0 aliphatic rings. The van der Waals surface area contributed by atoms with E-state index in [1.54, 1.807) is 35.4 Å². The lowest BCUT2D eigenvalue weighted by molar-refractivity contribution is 0.305. The predicted molar refractivity (Wildman–Crippen MR) is 121 cm³/mol. The summed E-state index contributed by atoms with van der Waals surface area (Å²) in [6.45, 7) is 2.69. The highest BCUT2D eigenvalue weighted by molar-refractivity contribution is 6.31. The minimum atomic E-state index is -0.372. The maximum atomic E-state index is 12.2. The molecule has 0 unspecified atom stereocenters. The van der Waals surface area contributed by atoms with Gasteiger partial charge in [-0.25, -0.2) is 4.79 Å². The Morgan fingerprint density at radius 1 is 1.09 bits per heavy atom. The van der Waals surface area contributed by atoms with Crippen LogP contribution in [-0.4, -0.2) is 30.9 Å². The molecule has 0 atom stereocenters. The van der Waals surface area contributed by atoms with Crippen LogP contribution in [0.2, 0.25) is 5.02 Å². The average molecular weight is 452 g/mol. The highest BCUT2D eigenvalue weighted by Crippen LogP contribution is 2.25. The zero-order valence-electron chi connectivity index (χ0n) is 17.7. The number of pyridine rings is 1. The number of hydrogen-bond donors (Lipinski definition) is 0. The van der Waals surface area contributed by atoms with Gasteiger partial charge in [0.05, 0.1) is 25.5 Å². The van der Waals surface area contributed by atoms with Crippen LogP contribution >= 0.6 is 11.6 Å². The van der Waals surface area contributed by atoms with Crippen molar-refractivity contribution in [2.24, 2.45) is 7.05 Å². The van der Waals surface area contributed by atoms with Crippen LogP contribution in [0, 0.1) is 6.92 Å². The first kappa shape index (κ1) is 21.6. The molecule has 0 aliphatic carbocycles. The highest BCUT2D eigenvalue weighted by Gasteiger charge is 2.05. The zero-order chi connectivity index (χ0) is 22.5. The Bertz CT molecular complexity index is 1270. The van der Waals surface area contributed by atoms with Crippen LogP contribution in [0.15, 0.2) is 66.0 Å². The lowest BCUT2D eigenvalue weighted by Crippen LogP contribution is -2.23. The van der Waals surface area contributed by atoms with Gasteiger partial charge in [-0.15, -0.1) is 0 Å². The summed E-state index contributed by atoms with van der Waals surface area (Å²) >= 11 is 6.04. The number of ether oxygens (including phenoxy) is 2. The lowest BCUT2D eigenvalue weighted by Gasteiger charge is -2.09. The Hall–Kier alpha value is -3.65. The summed E-state index contributed by atoms with van der Waals surface area (Å²) in [5.41, 5.74) is 2.34. The van der Waals surface area contributed by atoms with E-state index in [0.717, 1.165) is 16.8 Å². The maximum absolute atomic E-state index is 12.2. The van der Waals surface area contributed by atoms with Crippen LogP contribution < -0.4 is 15.2 Å². The second-order valence-corrected chi connectivity index (χ2v) is 7.70. The molecule has 1 aromatic carbocycles. The monoisotopic (exact) mass is 451 g/mol. The fourth-order valence-corrected chi connectivity index (χ4v) is 3.18. The number of halogens is 1. The van der Waals surface area contributed by atoms with Crippen LogP contribution in [0.5, 0.6) is 17.4 Å². The summed E-state index contributed by atoms with van der Waals surface area (Å²) < 4.78 is 14.6. The Morgan fingerprint density at radius 2 is 1.94 bits per heavy atom. The average Bonchev–Trinajstić information content (AvgIpc) is 3.18. The normalized spacial score (nSPS) is 10.8. The van der Waals surface area contributed by atoms with Gasteiger partial charge in [0.1, 0.15) is 11.5 Å². The van der Waals surface area contributed by atoms with Gasteiger partial charge in [-0.2, -0.15) is 10.1 Å². The van der Waals surface area contributed by atoms with E-state index >= 15 is 0 Å². The van der Waals surface area contributed by atoms with Gasteiger partial charge in [-0.05, 0) is 42.8 Å². The van der Waals surface area contributed by atoms with Crippen LogP contribution in [0.1, 0.15) is 16.8 Å². The molecule has 0 spiro atoms. The maximum Gasteiger partial charge on any atom is 0.351 e. The van der Waals surface area contributed by atoms with E-state index in [1.165, 1.54) is 4.57 Å². The molecule has 0 saturated heterocycles. The molecular weight excluding hydrogens is 430 g/mol. The molecule has 0 fully saturated rings. The first-order valence-corrected chi connectivity index (χ1v) is 10.4. The number of benzene rings is 1. The van der Waals surface area contributed by atoms with E-state index in [2.05, 4.69) is 15.1 Å². The molecule has 4 rings (SSSR count). The third-order valence-corrected chi connectivity index (χ3v) is 5.15. The summed E-state index contributed by atoms with van der Waals surface area (Å²) in [5, 5.41) is 4.80. The number of nitrogens with zero attached hydrogens (tertiary/aromatic N) is 5. The van der Waals surface area contributed by atoms with E-state index in [1.807, 2.05) is 44.4 Å². The van der Waals surface area contributed by atoms with Crippen molar-refractivity contribution in [3.8, 4) is 17.4 Å². The minimum absolute atomic E-state index is 0.287. The minimum Gasteiger partial charge on any atom is -0.477 e. The van der Waals surface area contributed by atoms with Gasteiger partial charge >= 0.3 is 5.69 Å². The largest absolute Gasteiger partial charge is 0.477 e. The van der Waals surface area contributed by atoms with E-state index in [4.69, 9.17) is 21.1 Å². The van der Waals surface area contributed by atoms with Crippen LogP contribution in [0.3, 0.4) is 0 Å². The van der Waals surface area contributed by atoms with Crippen molar-refractivity contribution in [1.29, 1.82) is 0 Å². The molecule has 8 nitrogen and oxygen atoms in total. The molecule has 4 aromatic rings. The molecule has 0 saturated carbocycles. The van der Waals surface area contributed by atoms with Gasteiger partial charge in [0.2, 0.25) is 5.88 Å². The van der Waals surface area contributed by atoms with Crippen molar-refractivity contribution in [2.45, 2.75) is 19.9 Å². The van der Waals surface area contributed by atoms with Crippen LogP contribution in [0.25, 0.3) is 0 Å². The van der Waals surface area contributed by atoms with Crippen molar-refractivity contribution < 1.29 is 9.47 Å². The van der Waals surface area contributed by atoms with Crippen molar-refractivity contribution in [1.82, 2.24) is 24.3 Å². The van der Waals surface area contributed by atoms with Crippen LogP contribution in [-0.2, 0) is 20.0 Å². The Labute approximate surface area is 190 Å². The van der Waals surface area contributed by atoms with E-state index in [-0.39, 0.29) is 11.6 Å². The smallest absolute Gasteiger partial charge is 0.351 e. The van der Waals surface area contributed by atoms with Gasteiger partial charge in [0.15, 0.2) is 0 Å². The Kier molecular flexibility index (Phi) is 6.51. The summed E-state index contributed by atoms with van der Waals surface area (Å²) in [6, 6.07) is 10.9. The summed E-state index contributed by atoms with van der Waals surface area (Å²) in [5.74, 6) is 1.62. The second-order valence-electron chi connectivity index (χ2n) is 7.30. The topological polar surface area (TPSA) is 84.1 Å². The van der Waals surface area contributed by atoms with Gasteiger partial charge < -0.3 is 9.47 Å². The van der Waals surface area contributed by atoms with Crippen molar-refractivity contribution in [3.05, 3.63) is 93.5 Å². The van der Waals surface area contributed by atoms with E-state index in [9.17, 15) is 4.79 Å². The summed E-state index contributed by atoms with van der Waals surface area (Å²) in [7, 11) is 1.83. The van der Waals surface area contributed by atoms with Gasteiger partial charge in [0, 0.05) is 48.2 Å². The molecule has 32 heavy (non-hydrogen) atoms. The number of rotatable bonds is 8. The lowest BCUT2D eigenvalue weighted by atomic mass is 10.2. The molecule has 0 N–H and O–H groups in total. The standard InChI is InChI=1S/C23H22ClN5O3/c1-16-11-19(5-6-21(16)24)32-20-4-3-18(25-13-20)8-10-31-22-7-9-29(23(30)27-22)15-17-12-26-28(2)14-17/h3-7,9,11-14H,8,10,15H2,1-2H3. The van der Waals surface area contributed by atoms with Crippen LogP contribution in [0.4, 0.5) is 0 Å². The highest BCUT2D eigenvalue weighted by atomic mass is 35.5. The summed E-state index contributed by atoms with van der Waals surface area (Å²) in [6.07, 6.45) is 7.48. The molecule has 0 radical (unpaired) electrons. The second kappa shape index (κ2) is 9.65. The molecule has 0 aliphatic heterocycles. The third-order valence-electron chi connectivity index (χ3n) is 4.73. The van der Waals surface area contributed by atoms with Crippen molar-refractivity contribution in [3.63, 3.8) is 0 Å². The van der Waals surface area contributed by atoms with Gasteiger partial charge in [0.25, 0.3) is 0 Å². The predicted octanol–water partition coefficient (Wildman–Crippen LogP) is 3.80. The Balaban J connectivity index is 1.29. The molecule has 0 amide bonds. The Morgan fingerprint density at radius 3 is 2.62 bits per heavy atom. The first-order valence-electron chi connectivity index (χ1n) is 10.0. The molecule has 3 heterocycles. The SMILES string of the molecule is Cc1cc(Oc2ccc(CCOc3ccn(Cc4cnn(C)c4)c(=O)n3)nc2)ccc1Cl. The van der Waals surface area contributed by atoms with Gasteiger partial charge in [-0.3, -0.25) is 14.2 Å². The fourth-order valence-electron chi connectivity index (χ4n) is 3.06. The molecule has 3 aromatic heterocycles. The van der Waals surface area contributed by atoms with E-state index in [0.29, 0.717) is 36.1 Å². The van der Waals surface area contributed by atoms with Crippen molar-refractivity contribution >= 4 is 11.6 Å². The molecule has 164 valence electrons. The molecular formula is C23H22ClN5O3. The number of hydrogen-bond acceptors (Lipinski definition) is 6. The number of aryl methyl sites for hydroxylation is 2. The third kappa shape index (κ3) is 5.53. The fraction of sp³-hybridized carbons (Fsp3) is 0.217. The summed E-state index contributed by atoms with van der Waals surface area (Å²) in [4.78, 5) is 20.6. The molecule has 9 heteroatoms. The van der Waals surface area contributed by atoms with E-state index < -0.39 is 0 Å².